The Hall–Kier alpha value is -3.79. The highest BCUT2D eigenvalue weighted by atomic mass is 79.9. The summed E-state index contributed by atoms with van der Waals surface area (Å²) in [5.41, 5.74) is 2.80. The minimum absolute atomic E-state index is 0.0275. The molecule has 0 radical (unpaired) electrons. The number of nitrogens with two attached hydrogens (primary N) is 1. The summed E-state index contributed by atoms with van der Waals surface area (Å²) >= 11 is 3.50. The number of rotatable bonds is 10. The number of benzene rings is 3. The van der Waals surface area contributed by atoms with Crippen LogP contribution in [0.15, 0.2) is 62.8 Å². The third kappa shape index (κ3) is 9.85. The van der Waals surface area contributed by atoms with Crippen molar-refractivity contribution in [3.8, 4) is 11.5 Å². The van der Waals surface area contributed by atoms with Crippen LogP contribution >= 0.6 is 15.9 Å². The highest BCUT2D eigenvalue weighted by molar-refractivity contribution is 9.10. The number of methoxy groups -OCH3 is 2. The fourth-order valence-corrected chi connectivity index (χ4v) is 6.56. The monoisotopic (exact) mass is 739 g/mol. The Labute approximate surface area is 278 Å². The Balaban J connectivity index is 0.000000410. The van der Waals surface area contributed by atoms with Gasteiger partial charge in [-0.15, -0.1) is 0 Å². The number of urea groups is 1. The van der Waals surface area contributed by atoms with E-state index < -0.39 is 26.1 Å². The maximum absolute atomic E-state index is 12.9. The van der Waals surface area contributed by atoms with Crippen molar-refractivity contribution in [3.63, 3.8) is 0 Å². The van der Waals surface area contributed by atoms with Gasteiger partial charge in [0, 0.05) is 21.3 Å². The third-order valence-corrected chi connectivity index (χ3v) is 9.35. The zero-order valence-electron chi connectivity index (χ0n) is 26.7. The molecule has 2 amide bonds. The Bertz CT molecular complexity index is 1830. The van der Waals surface area contributed by atoms with E-state index in [1.807, 2.05) is 44.5 Å². The molecule has 0 aliphatic heterocycles. The average molecular weight is 741 g/mol. The molecule has 0 aliphatic carbocycles. The predicted octanol–water partition coefficient (Wildman–Crippen LogP) is 5.96. The summed E-state index contributed by atoms with van der Waals surface area (Å²) in [7, 11) is -5.54. The lowest BCUT2D eigenvalue weighted by atomic mass is 9.93. The second-order valence-corrected chi connectivity index (χ2v) is 14.8. The Morgan fingerprint density at radius 3 is 1.52 bits per heavy atom. The molecule has 0 aromatic heterocycles. The molecule has 0 aliphatic rings. The van der Waals surface area contributed by atoms with Gasteiger partial charge in [0.25, 0.3) is 10.0 Å². The molecule has 250 valence electrons. The lowest BCUT2D eigenvalue weighted by Crippen LogP contribution is -2.35. The van der Waals surface area contributed by atoms with Gasteiger partial charge < -0.3 is 14.8 Å². The maximum atomic E-state index is 12.9. The van der Waals surface area contributed by atoms with Gasteiger partial charge in [-0.25, -0.2) is 31.5 Å². The fraction of sp³-hybridized carbons (Fsp3) is 0.323. The molecule has 4 N–H and O–H groups in total. The SMILES string of the molecule is COc1ccc(C(C)=O)cc1S(=O)(=O)NC(=O)Nc1c(C(C)C)cc(Br)cc1C(C)C.COc1ccc(C(C)=O)cc1S(N)(=O)=O. The third-order valence-electron chi connectivity index (χ3n) is 6.61. The number of amides is 2. The van der Waals surface area contributed by atoms with Crippen molar-refractivity contribution in [2.45, 2.75) is 63.2 Å². The van der Waals surface area contributed by atoms with E-state index in [0.29, 0.717) is 5.69 Å². The van der Waals surface area contributed by atoms with Crippen LogP contribution in [0, 0.1) is 0 Å². The fourth-order valence-electron chi connectivity index (χ4n) is 4.24. The van der Waals surface area contributed by atoms with Crippen LogP contribution in [0.5, 0.6) is 11.5 Å². The van der Waals surface area contributed by atoms with Crippen molar-refractivity contribution < 1.29 is 40.7 Å². The van der Waals surface area contributed by atoms with Gasteiger partial charge in [0.2, 0.25) is 10.0 Å². The quantitative estimate of drug-likeness (QED) is 0.211. The number of sulfonamides is 2. The van der Waals surface area contributed by atoms with Crippen molar-refractivity contribution in [2.75, 3.05) is 19.5 Å². The number of hydrogen-bond acceptors (Lipinski definition) is 9. The van der Waals surface area contributed by atoms with Crippen molar-refractivity contribution in [2.24, 2.45) is 5.14 Å². The number of carbonyl (C=O) groups excluding carboxylic acids is 3. The topological polar surface area (TPSA) is 188 Å². The number of Topliss-reactive ketones (excluding diaryl/α,β-unsaturated/α-hetero) is 2. The highest BCUT2D eigenvalue weighted by Gasteiger charge is 2.25. The Morgan fingerprint density at radius 1 is 0.739 bits per heavy atom. The molecule has 0 heterocycles. The number of halogens is 1. The van der Waals surface area contributed by atoms with Gasteiger partial charge in [-0.1, -0.05) is 43.6 Å². The number of hydrogen-bond donors (Lipinski definition) is 3. The first-order valence-corrected chi connectivity index (χ1v) is 17.6. The standard InChI is InChI=1S/C22H27BrN2O5S.C9H11NO4S/c1-12(2)17-10-16(23)11-18(13(3)4)21(17)24-22(27)25-31(28,29)20-9-15(14(5)26)7-8-19(20)30-6;1-6(11)7-3-4-8(14-2)9(5-7)15(10,12)13/h7-13H,1-6H3,(H2,24,25,27);3-5H,1-2H3,(H2,10,12,13). The number of ketones is 2. The van der Waals surface area contributed by atoms with Crippen LogP contribution in [-0.4, -0.2) is 48.7 Å². The number of nitrogens with one attached hydrogen (secondary N) is 2. The van der Waals surface area contributed by atoms with Crippen LogP contribution in [-0.2, 0) is 20.0 Å². The van der Waals surface area contributed by atoms with Gasteiger partial charge in [0.1, 0.15) is 21.3 Å². The first kappa shape index (κ1) is 38.4. The number of anilines is 1. The van der Waals surface area contributed by atoms with E-state index in [-0.39, 0.29) is 55.8 Å². The zero-order valence-corrected chi connectivity index (χ0v) is 29.9. The van der Waals surface area contributed by atoms with E-state index in [9.17, 15) is 31.2 Å². The van der Waals surface area contributed by atoms with Gasteiger partial charge in [-0.2, -0.15) is 0 Å². The molecule has 46 heavy (non-hydrogen) atoms. The molecule has 0 unspecified atom stereocenters. The van der Waals surface area contributed by atoms with Gasteiger partial charge in [-0.05, 0) is 85.3 Å². The molecular formula is C31H38BrN3O9S2. The van der Waals surface area contributed by atoms with Gasteiger partial charge in [0.15, 0.2) is 11.6 Å². The normalized spacial score (nSPS) is 11.4. The molecule has 0 atom stereocenters. The molecule has 0 spiro atoms. The smallest absolute Gasteiger partial charge is 0.333 e. The Morgan fingerprint density at radius 2 is 1.15 bits per heavy atom. The second kappa shape index (κ2) is 15.7. The molecular weight excluding hydrogens is 702 g/mol. The van der Waals surface area contributed by atoms with Crippen LogP contribution in [0.1, 0.15) is 85.2 Å². The van der Waals surface area contributed by atoms with Gasteiger partial charge in [-0.3, -0.25) is 9.59 Å². The van der Waals surface area contributed by atoms with Crippen molar-refractivity contribution in [1.29, 1.82) is 0 Å². The predicted molar refractivity (Wildman–Crippen MR) is 179 cm³/mol. The summed E-state index contributed by atoms with van der Waals surface area (Å²) in [6.07, 6.45) is 0. The lowest BCUT2D eigenvalue weighted by molar-refractivity contribution is 0.100. The van der Waals surface area contributed by atoms with E-state index in [0.717, 1.165) is 15.6 Å². The first-order chi connectivity index (χ1) is 21.2. The molecule has 0 fully saturated rings. The van der Waals surface area contributed by atoms with E-state index in [1.54, 1.807) is 0 Å². The van der Waals surface area contributed by atoms with E-state index in [4.69, 9.17) is 14.6 Å². The van der Waals surface area contributed by atoms with Crippen molar-refractivity contribution in [3.05, 3.63) is 75.3 Å². The summed E-state index contributed by atoms with van der Waals surface area (Å²) in [5.74, 6) is -0.199. The number of carbonyl (C=O) groups is 3. The zero-order chi connectivity index (χ0) is 35.1. The molecule has 3 aromatic carbocycles. The summed E-state index contributed by atoms with van der Waals surface area (Å²) in [5, 5.41) is 7.70. The van der Waals surface area contributed by atoms with E-state index in [1.165, 1.54) is 64.5 Å². The second-order valence-electron chi connectivity index (χ2n) is 10.7. The molecule has 3 aromatic rings. The highest BCUT2D eigenvalue weighted by Crippen LogP contribution is 2.36. The largest absolute Gasteiger partial charge is 0.495 e. The van der Waals surface area contributed by atoms with Crippen LogP contribution < -0.4 is 24.7 Å². The Kier molecular flexibility index (Phi) is 13.1. The van der Waals surface area contributed by atoms with Crippen molar-refractivity contribution in [1.82, 2.24) is 4.72 Å². The van der Waals surface area contributed by atoms with Crippen LogP contribution in [0.25, 0.3) is 0 Å². The summed E-state index contributed by atoms with van der Waals surface area (Å²) in [6.45, 7) is 10.6. The number of primary sulfonamides is 1. The summed E-state index contributed by atoms with van der Waals surface area (Å²) in [4.78, 5) is 35.0. The summed E-state index contributed by atoms with van der Waals surface area (Å²) < 4.78 is 61.0. The average Bonchev–Trinajstić information content (AvgIpc) is 2.96. The maximum Gasteiger partial charge on any atom is 0.333 e. The first-order valence-electron chi connectivity index (χ1n) is 13.8. The van der Waals surface area contributed by atoms with Gasteiger partial charge in [0.05, 0.1) is 14.2 Å². The summed E-state index contributed by atoms with van der Waals surface area (Å²) in [6, 6.07) is 11.0. The number of ether oxygens (including phenoxy) is 2. The molecule has 12 nitrogen and oxygen atoms in total. The molecule has 0 saturated heterocycles. The van der Waals surface area contributed by atoms with E-state index in [2.05, 4.69) is 21.2 Å². The lowest BCUT2D eigenvalue weighted by Gasteiger charge is -2.21. The molecule has 0 saturated carbocycles. The molecule has 0 bridgehead atoms. The van der Waals surface area contributed by atoms with Crippen LogP contribution in [0.2, 0.25) is 0 Å². The van der Waals surface area contributed by atoms with Crippen LogP contribution in [0.4, 0.5) is 10.5 Å². The minimum Gasteiger partial charge on any atom is -0.495 e. The van der Waals surface area contributed by atoms with Crippen molar-refractivity contribution >= 4 is 59.3 Å². The van der Waals surface area contributed by atoms with Crippen LogP contribution in [0.3, 0.4) is 0 Å². The van der Waals surface area contributed by atoms with E-state index >= 15 is 0 Å². The van der Waals surface area contributed by atoms with Gasteiger partial charge >= 0.3 is 6.03 Å². The molecule has 15 heteroatoms. The molecule has 3 rings (SSSR count). The minimum atomic E-state index is -4.30.